The lowest BCUT2D eigenvalue weighted by molar-refractivity contribution is -0.140. The first-order valence-corrected chi connectivity index (χ1v) is 13.0. The summed E-state index contributed by atoms with van der Waals surface area (Å²) >= 11 is 0. The van der Waals surface area contributed by atoms with Gasteiger partial charge < -0.3 is 30.9 Å². The molecule has 10 nitrogen and oxygen atoms in total. The highest BCUT2D eigenvalue weighted by Gasteiger charge is 2.28. The van der Waals surface area contributed by atoms with Crippen LogP contribution in [0.1, 0.15) is 77.2 Å². The number of aliphatic hydroxyl groups is 1. The van der Waals surface area contributed by atoms with Gasteiger partial charge in [-0.15, -0.1) is 24.8 Å². The number of aromatic nitrogens is 4. The fourth-order valence-electron chi connectivity index (χ4n) is 5.68. The third-order valence-corrected chi connectivity index (χ3v) is 7.75. The summed E-state index contributed by atoms with van der Waals surface area (Å²) in [6.07, 6.45) is 11.5. The normalized spacial score (nSPS) is 24.1. The summed E-state index contributed by atoms with van der Waals surface area (Å²) in [5.74, 6) is 1.21. The standard InChI is InChI=1S/C24H38N8O2.2ClH/c1-15(33)23(34)31-12-10-18(11-13-31)27-21-20-22(32(14-26-20)19-4-2-3-5-19)30-24(29-21)28-17-8-6-16(25)7-9-17;;/h14-19,33H,2-13,25H2,1H3,(H2,27,28,29,30);2*1H/t15-,16?,17?;;/m0../s1. The van der Waals surface area contributed by atoms with E-state index in [9.17, 15) is 9.90 Å². The van der Waals surface area contributed by atoms with Gasteiger partial charge in [0.1, 0.15) is 6.10 Å². The van der Waals surface area contributed by atoms with Crippen molar-refractivity contribution in [1.82, 2.24) is 24.4 Å². The Hall–Kier alpha value is -1.88. The van der Waals surface area contributed by atoms with E-state index in [0.717, 1.165) is 68.3 Å². The van der Waals surface area contributed by atoms with Gasteiger partial charge in [0.2, 0.25) is 5.95 Å². The van der Waals surface area contributed by atoms with Crippen LogP contribution in [0.4, 0.5) is 11.8 Å². The van der Waals surface area contributed by atoms with Gasteiger partial charge in [-0.05, 0) is 58.3 Å². The lowest BCUT2D eigenvalue weighted by Gasteiger charge is -2.33. The average molecular weight is 544 g/mol. The van der Waals surface area contributed by atoms with E-state index >= 15 is 0 Å². The highest BCUT2D eigenvalue weighted by molar-refractivity contribution is 5.86. The Morgan fingerprint density at radius 3 is 2.28 bits per heavy atom. The summed E-state index contributed by atoms with van der Waals surface area (Å²) in [4.78, 5) is 28.4. The average Bonchev–Trinajstić information content (AvgIpc) is 3.50. The number of fused-ring (bicyclic) bond motifs is 1. The Labute approximate surface area is 225 Å². The fourth-order valence-corrected chi connectivity index (χ4v) is 5.68. The summed E-state index contributed by atoms with van der Waals surface area (Å²) in [5.41, 5.74) is 7.80. The van der Waals surface area contributed by atoms with E-state index in [1.165, 1.54) is 19.8 Å². The molecule has 12 heteroatoms. The molecule has 0 aromatic carbocycles. The van der Waals surface area contributed by atoms with Crippen molar-refractivity contribution in [2.45, 2.75) is 101 Å². The Morgan fingerprint density at radius 2 is 1.64 bits per heavy atom. The van der Waals surface area contributed by atoms with Crippen LogP contribution in [0.3, 0.4) is 0 Å². The molecule has 202 valence electrons. The molecule has 2 aromatic heterocycles. The van der Waals surface area contributed by atoms with Crippen molar-refractivity contribution in [1.29, 1.82) is 0 Å². The van der Waals surface area contributed by atoms with Crippen LogP contribution in [0.2, 0.25) is 0 Å². The van der Waals surface area contributed by atoms with Crippen LogP contribution in [0, 0.1) is 0 Å². The van der Waals surface area contributed by atoms with E-state index in [-0.39, 0.29) is 36.8 Å². The number of amides is 1. The minimum atomic E-state index is -0.950. The monoisotopic (exact) mass is 542 g/mol. The van der Waals surface area contributed by atoms with Crippen molar-refractivity contribution in [2.75, 3.05) is 23.7 Å². The topological polar surface area (TPSA) is 134 Å². The van der Waals surface area contributed by atoms with Crippen LogP contribution >= 0.6 is 24.8 Å². The Balaban J connectivity index is 0.00000180. The molecule has 5 rings (SSSR count). The van der Waals surface area contributed by atoms with Crippen LogP contribution in [0.15, 0.2) is 6.33 Å². The van der Waals surface area contributed by atoms with Crippen molar-refractivity contribution in [3.63, 3.8) is 0 Å². The predicted octanol–water partition coefficient (Wildman–Crippen LogP) is 3.25. The number of nitrogens with zero attached hydrogens (tertiary/aromatic N) is 5. The summed E-state index contributed by atoms with van der Waals surface area (Å²) in [6.45, 7) is 2.78. The molecule has 3 aliphatic rings. The largest absolute Gasteiger partial charge is 0.384 e. The fraction of sp³-hybridized carbons (Fsp3) is 0.750. The molecule has 0 unspecified atom stereocenters. The van der Waals surface area contributed by atoms with E-state index in [1.54, 1.807) is 4.90 Å². The van der Waals surface area contributed by atoms with Crippen LogP contribution in [-0.4, -0.2) is 72.8 Å². The molecule has 0 bridgehead atoms. The Bertz CT molecular complexity index is 997. The van der Waals surface area contributed by atoms with Gasteiger partial charge in [-0.2, -0.15) is 9.97 Å². The minimum absolute atomic E-state index is 0. The molecule has 2 aliphatic carbocycles. The zero-order chi connectivity index (χ0) is 23.7. The molecular weight excluding hydrogens is 503 g/mol. The van der Waals surface area contributed by atoms with Gasteiger partial charge >= 0.3 is 0 Å². The quantitative estimate of drug-likeness (QED) is 0.436. The van der Waals surface area contributed by atoms with E-state index in [2.05, 4.69) is 15.2 Å². The number of carbonyl (C=O) groups is 1. The second kappa shape index (κ2) is 12.6. The van der Waals surface area contributed by atoms with E-state index in [4.69, 9.17) is 20.7 Å². The van der Waals surface area contributed by atoms with Crippen molar-refractivity contribution in [3.8, 4) is 0 Å². The maximum absolute atomic E-state index is 12.1. The minimum Gasteiger partial charge on any atom is -0.384 e. The zero-order valence-electron chi connectivity index (χ0n) is 20.9. The molecule has 5 N–H and O–H groups in total. The smallest absolute Gasteiger partial charge is 0.251 e. The Morgan fingerprint density at radius 1 is 1.00 bits per heavy atom. The number of anilines is 2. The number of carbonyl (C=O) groups excluding carboxylic acids is 1. The van der Waals surface area contributed by atoms with Gasteiger partial charge in [-0.3, -0.25) is 4.79 Å². The molecule has 36 heavy (non-hydrogen) atoms. The molecule has 3 heterocycles. The van der Waals surface area contributed by atoms with E-state index in [0.29, 0.717) is 37.2 Å². The lowest BCUT2D eigenvalue weighted by atomic mass is 9.92. The number of rotatable bonds is 6. The summed E-state index contributed by atoms with van der Waals surface area (Å²) in [5, 5.41) is 16.8. The van der Waals surface area contributed by atoms with Gasteiger partial charge in [0.15, 0.2) is 17.0 Å². The molecule has 3 fully saturated rings. The first-order chi connectivity index (χ1) is 16.5. The van der Waals surface area contributed by atoms with Gasteiger partial charge in [0.25, 0.3) is 5.91 Å². The van der Waals surface area contributed by atoms with Crippen LogP contribution in [0.5, 0.6) is 0 Å². The van der Waals surface area contributed by atoms with Crippen molar-refractivity contribution in [2.24, 2.45) is 5.73 Å². The summed E-state index contributed by atoms with van der Waals surface area (Å²) < 4.78 is 2.24. The number of hydrogen-bond donors (Lipinski definition) is 4. The Kier molecular flexibility index (Phi) is 10.0. The van der Waals surface area contributed by atoms with Crippen LogP contribution in [-0.2, 0) is 4.79 Å². The lowest BCUT2D eigenvalue weighted by Crippen LogP contribution is -2.45. The highest BCUT2D eigenvalue weighted by atomic mass is 35.5. The molecular formula is C24H40Cl2N8O2. The first-order valence-electron chi connectivity index (χ1n) is 13.0. The molecule has 2 aromatic rings. The number of halogens is 2. The molecule has 1 aliphatic heterocycles. The second-order valence-corrected chi connectivity index (χ2v) is 10.3. The zero-order valence-corrected chi connectivity index (χ0v) is 22.6. The van der Waals surface area contributed by atoms with E-state index in [1.807, 2.05) is 6.33 Å². The maximum atomic E-state index is 12.1. The number of piperidine rings is 1. The van der Waals surface area contributed by atoms with Crippen molar-refractivity contribution < 1.29 is 9.90 Å². The first kappa shape index (κ1) is 28.7. The second-order valence-electron chi connectivity index (χ2n) is 10.3. The SMILES string of the molecule is C[C@H](O)C(=O)N1CCC(Nc2nc(NC3CCC(N)CC3)nc3c2ncn3C2CCCC2)CC1.Cl.Cl. The number of hydrogen-bond acceptors (Lipinski definition) is 8. The van der Waals surface area contributed by atoms with Crippen LogP contribution in [0.25, 0.3) is 11.2 Å². The number of aliphatic hydroxyl groups excluding tert-OH is 1. The van der Waals surface area contributed by atoms with E-state index < -0.39 is 6.10 Å². The molecule has 1 atom stereocenters. The number of imidazole rings is 1. The van der Waals surface area contributed by atoms with Crippen molar-refractivity contribution in [3.05, 3.63) is 6.33 Å². The predicted molar refractivity (Wildman–Crippen MR) is 146 cm³/mol. The van der Waals surface area contributed by atoms with Gasteiger partial charge in [0, 0.05) is 37.3 Å². The highest BCUT2D eigenvalue weighted by Crippen LogP contribution is 2.34. The number of nitrogens with one attached hydrogen (secondary N) is 2. The van der Waals surface area contributed by atoms with Gasteiger partial charge in [0.05, 0.1) is 6.33 Å². The summed E-state index contributed by atoms with van der Waals surface area (Å²) in [6, 6.07) is 1.27. The maximum Gasteiger partial charge on any atom is 0.251 e. The third kappa shape index (κ3) is 6.33. The third-order valence-electron chi connectivity index (χ3n) is 7.75. The molecule has 1 amide bonds. The van der Waals surface area contributed by atoms with Gasteiger partial charge in [-0.25, -0.2) is 4.98 Å². The number of nitrogens with two attached hydrogens (primary N) is 1. The molecule has 0 spiro atoms. The summed E-state index contributed by atoms with van der Waals surface area (Å²) in [7, 11) is 0. The van der Waals surface area contributed by atoms with Gasteiger partial charge in [-0.1, -0.05) is 12.8 Å². The van der Waals surface area contributed by atoms with Crippen molar-refractivity contribution >= 4 is 53.7 Å². The molecule has 2 saturated carbocycles. The van der Waals surface area contributed by atoms with Crippen LogP contribution < -0.4 is 16.4 Å². The number of likely N-dealkylation sites (tertiary alicyclic amines) is 1. The molecule has 0 radical (unpaired) electrons. The molecule has 1 saturated heterocycles.